The van der Waals surface area contributed by atoms with E-state index in [4.69, 9.17) is 0 Å². The van der Waals surface area contributed by atoms with Crippen molar-refractivity contribution in [2.75, 3.05) is 6.54 Å². The van der Waals surface area contributed by atoms with Crippen LogP contribution in [0.1, 0.15) is 48.7 Å². The number of nitrogens with one attached hydrogen (secondary N) is 1. The van der Waals surface area contributed by atoms with Gasteiger partial charge < -0.3 is 9.88 Å². The Morgan fingerprint density at radius 2 is 2.04 bits per heavy atom. The summed E-state index contributed by atoms with van der Waals surface area (Å²) < 4.78 is 1.54. The minimum Gasteiger partial charge on any atom is -0.334 e. The maximum absolute atomic E-state index is 12.9. The van der Waals surface area contributed by atoms with Gasteiger partial charge in [-0.1, -0.05) is 37.3 Å². The standard InChI is InChI=1S/C18H23N3O2/c1-2-15-10-6-7-11-20(15)17(22)16-12-19-18(23)21(16)13-14-8-4-3-5-9-14/h3-5,8-9,12,15H,2,6-7,10-11,13H2,1H3,(H,19,23). The molecule has 23 heavy (non-hydrogen) atoms. The summed E-state index contributed by atoms with van der Waals surface area (Å²) >= 11 is 0. The molecule has 1 aromatic heterocycles. The van der Waals surface area contributed by atoms with Gasteiger partial charge in [-0.25, -0.2) is 4.79 Å². The van der Waals surface area contributed by atoms with Gasteiger partial charge in [-0.2, -0.15) is 0 Å². The molecule has 1 aromatic carbocycles. The largest absolute Gasteiger partial charge is 0.334 e. The normalized spacial score (nSPS) is 18.1. The van der Waals surface area contributed by atoms with Crippen LogP contribution < -0.4 is 5.69 Å². The monoisotopic (exact) mass is 313 g/mol. The van der Waals surface area contributed by atoms with E-state index in [1.807, 2.05) is 35.2 Å². The van der Waals surface area contributed by atoms with Crippen molar-refractivity contribution in [3.8, 4) is 0 Å². The minimum absolute atomic E-state index is 0.0363. The first-order valence-electron chi connectivity index (χ1n) is 8.33. The number of nitrogens with zero attached hydrogens (tertiary/aromatic N) is 2. The second-order valence-electron chi connectivity index (χ2n) is 6.11. The number of likely N-dealkylation sites (tertiary alicyclic amines) is 1. The Balaban J connectivity index is 1.88. The Hall–Kier alpha value is -2.30. The summed E-state index contributed by atoms with van der Waals surface area (Å²) in [7, 11) is 0. The maximum atomic E-state index is 12.9. The molecular weight excluding hydrogens is 290 g/mol. The molecule has 0 saturated carbocycles. The fourth-order valence-electron chi connectivity index (χ4n) is 3.34. The molecule has 0 aliphatic carbocycles. The van der Waals surface area contributed by atoms with Crippen molar-refractivity contribution in [2.45, 2.75) is 45.2 Å². The number of carbonyl (C=O) groups excluding carboxylic acids is 1. The van der Waals surface area contributed by atoms with E-state index in [1.165, 1.54) is 6.42 Å². The van der Waals surface area contributed by atoms with E-state index in [2.05, 4.69) is 11.9 Å². The summed E-state index contributed by atoms with van der Waals surface area (Å²) in [6.07, 6.45) is 5.77. The number of aromatic amines is 1. The van der Waals surface area contributed by atoms with E-state index < -0.39 is 0 Å². The molecule has 0 spiro atoms. The first-order chi connectivity index (χ1) is 11.2. The lowest BCUT2D eigenvalue weighted by Crippen LogP contribution is -2.44. The Morgan fingerprint density at radius 3 is 2.78 bits per heavy atom. The van der Waals surface area contributed by atoms with Gasteiger partial charge in [0.15, 0.2) is 0 Å². The zero-order valence-electron chi connectivity index (χ0n) is 13.5. The number of hydrogen-bond donors (Lipinski definition) is 1. The molecule has 5 heteroatoms. The zero-order chi connectivity index (χ0) is 16.2. The molecule has 1 saturated heterocycles. The number of benzene rings is 1. The van der Waals surface area contributed by atoms with Gasteiger partial charge in [0.25, 0.3) is 5.91 Å². The molecular formula is C18H23N3O2. The van der Waals surface area contributed by atoms with Crippen LogP contribution in [0.2, 0.25) is 0 Å². The SMILES string of the molecule is CCC1CCCCN1C(=O)c1c[nH]c(=O)n1Cc1ccccc1. The third-order valence-corrected chi connectivity index (χ3v) is 4.63. The summed E-state index contributed by atoms with van der Waals surface area (Å²) in [5, 5.41) is 0. The van der Waals surface area contributed by atoms with Gasteiger partial charge in [0.2, 0.25) is 0 Å². The quantitative estimate of drug-likeness (QED) is 0.943. The average Bonchev–Trinajstić information content (AvgIpc) is 2.96. The van der Waals surface area contributed by atoms with Crippen LogP contribution in [-0.4, -0.2) is 32.9 Å². The van der Waals surface area contributed by atoms with Gasteiger partial charge >= 0.3 is 5.69 Å². The molecule has 2 heterocycles. The van der Waals surface area contributed by atoms with Crippen molar-refractivity contribution in [3.63, 3.8) is 0 Å². The number of H-pyrrole nitrogens is 1. The number of hydrogen-bond acceptors (Lipinski definition) is 2. The predicted octanol–water partition coefficient (Wildman–Crippen LogP) is 2.63. The highest BCUT2D eigenvalue weighted by atomic mass is 16.2. The lowest BCUT2D eigenvalue weighted by Gasteiger charge is -2.35. The number of amides is 1. The zero-order valence-corrected chi connectivity index (χ0v) is 13.5. The number of carbonyl (C=O) groups is 1. The molecule has 2 aromatic rings. The molecule has 3 rings (SSSR count). The molecule has 1 aliphatic rings. The van der Waals surface area contributed by atoms with Gasteiger partial charge in [0.05, 0.1) is 6.54 Å². The van der Waals surface area contributed by atoms with Gasteiger partial charge in [-0.05, 0) is 31.2 Å². The fourth-order valence-corrected chi connectivity index (χ4v) is 3.34. The van der Waals surface area contributed by atoms with Gasteiger partial charge in [-0.3, -0.25) is 9.36 Å². The van der Waals surface area contributed by atoms with E-state index in [1.54, 1.807) is 10.8 Å². The van der Waals surface area contributed by atoms with Crippen molar-refractivity contribution >= 4 is 5.91 Å². The Kier molecular flexibility index (Phi) is 4.65. The highest BCUT2D eigenvalue weighted by molar-refractivity contribution is 5.92. The Morgan fingerprint density at radius 1 is 1.26 bits per heavy atom. The number of imidazole rings is 1. The fraction of sp³-hybridized carbons (Fsp3) is 0.444. The van der Waals surface area contributed by atoms with Crippen LogP contribution in [0.25, 0.3) is 0 Å². The lowest BCUT2D eigenvalue weighted by atomic mass is 9.99. The molecule has 1 N–H and O–H groups in total. The van der Waals surface area contributed by atoms with E-state index in [0.29, 0.717) is 12.2 Å². The van der Waals surface area contributed by atoms with Gasteiger partial charge in [0.1, 0.15) is 5.69 Å². The summed E-state index contributed by atoms with van der Waals surface area (Å²) in [6.45, 7) is 3.31. The van der Waals surface area contributed by atoms with Crippen molar-refractivity contribution in [1.82, 2.24) is 14.5 Å². The number of aromatic nitrogens is 2. The number of piperidine rings is 1. The molecule has 1 atom stereocenters. The molecule has 1 fully saturated rings. The van der Waals surface area contributed by atoms with Crippen LogP contribution in [-0.2, 0) is 6.54 Å². The van der Waals surface area contributed by atoms with Crippen LogP contribution in [0.5, 0.6) is 0 Å². The molecule has 1 aliphatic heterocycles. The highest BCUT2D eigenvalue weighted by Gasteiger charge is 2.28. The summed E-state index contributed by atoms with van der Waals surface area (Å²) in [6, 6.07) is 10.0. The highest BCUT2D eigenvalue weighted by Crippen LogP contribution is 2.21. The van der Waals surface area contributed by atoms with E-state index in [-0.39, 0.29) is 17.6 Å². The van der Waals surface area contributed by atoms with E-state index >= 15 is 0 Å². The first kappa shape index (κ1) is 15.6. The summed E-state index contributed by atoms with van der Waals surface area (Å²) in [4.78, 5) is 29.7. The third-order valence-electron chi connectivity index (χ3n) is 4.63. The number of rotatable bonds is 4. The van der Waals surface area contributed by atoms with Crippen LogP contribution in [0.4, 0.5) is 0 Å². The second-order valence-corrected chi connectivity index (χ2v) is 6.11. The minimum atomic E-state index is -0.234. The van der Waals surface area contributed by atoms with Crippen molar-refractivity contribution < 1.29 is 4.79 Å². The van der Waals surface area contributed by atoms with Crippen molar-refractivity contribution in [1.29, 1.82) is 0 Å². The lowest BCUT2D eigenvalue weighted by molar-refractivity contribution is 0.0597. The maximum Gasteiger partial charge on any atom is 0.326 e. The predicted molar refractivity (Wildman–Crippen MR) is 89.6 cm³/mol. The van der Waals surface area contributed by atoms with Crippen LogP contribution in [0.3, 0.4) is 0 Å². The topological polar surface area (TPSA) is 58.1 Å². The molecule has 122 valence electrons. The molecule has 0 bridgehead atoms. The Bertz CT molecular complexity index is 717. The van der Waals surface area contributed by atoms with Crippen LogP contribution in [0.15, 0.2) is 41.3 Å². The Labute approximate surface area is 135 Å². The molecule has 0 radical (unpaired) electrons. The average molecular weight is 313 g/mol. The molecule has 1 unspecified atom stereocenters. The van der Waals surface area contributed by atoms with Gasteiger partial charge in [0, 0.05) is 18.8 Å². The van der Waals surface area contributed by atoms with Crippen molar-refractivity contribution in [2.24, 2.45) is 0 Å². The van der Waals surface area contributed by atoms with Crippen LogP contribution in [0, 0.1) is 0 Å². The smallest absolute Gasteiger partial charge is 0.326 e. The second kappa shape index (κ2) is 6.86. The van der Waals surface area contributed by atoms with Crippen molar-refractivity contribution in [3.05, 3.63) is 58.3 Å². The van der Waals surface area contributed by atoms with E-state index in [9.17, 15) is 9.59 Å². The molecule has 5 nitrogen and oxygen atoms in total. The third kappa shape index (κ3) is 3.23. The summed E-state index contributed by atoms with van der Waals surface area (Å²) in [5.41, 5.74) is 1.23. The van der Waals surface area contributed by atoms with Crippen LogP contribution >= 0.6 is 0 Å². The van der Waals surface area contributed by atoms with E-state index in [0.717, 1.165) is 31.4 Å². The van der Waals surface area contributed by atoms with Gasteiger partial charge in [-0.15, -0.1) is 0 Å². The molecule has 1 amide bonds. The summed E-state index contributed by atoms with van der Waals surface area (Å²) in [5.74, 6) is -0.0363. The first-order valence-corrected chi connectivity index (χ1v) is 8.33.